The minimum atomic E-state index is -0.384. The minimum Gasteiger partial charge on any atom is -0.457 e. The van der Waals surface area contributed by atoms with Gasteiger partial charge in [0.15, 0.2) is 0 Å². The van der Waals surface area contributed by atoms with E-state index in [4.69, 9.17) is 9.47 Å². The fourth-order valence-corrected chi connectivity index (χ4v) is 12.6. The first-order chi connectivity index (χ1) is 38.6. The van der Waals surface area contributed by atoms with Crippen molar-refractivity contribution in [3.63, 3.8) is 0 Å². The molecule has 10 aromatic rings. The van der Waals surface area contributed by atoms with Crippen molar-refractivity contribution in [2.75, 3.05) is 9.80 Å². The van der Waals surface area contributed by atoms with Crippen molar-refractivity contribution in [1.29, 1.82) is 0 Å². The Bertz CT molecular complexity index is 3690. The maximum Gasteiger partial charge on any atom is 0.266 e. The summed E-state index contributed by atoms with van der Waals surface area (Å²) in [6.45, 7) is 22.5. The maximum absolute atomic E-state index is 15.8. The summed E-state index contributed by atoms with van der Waals surface area (Å²) in [6, 6.07) is 58.9. The molecule has 10 aromatic carbocycles. The van der Waals surface area contributed by atoms with E-state index >= 15 is 9.59 Å². The van der Waals surface area contributed by atoms with Gasteiger partial charge in [-0.15, -0.1) is 0 Å². The third-order valence-corrected chi connectivity index (χ3v) is 17.1. The molecule has 1 aliphatic heterocycles. The molecule has 1 heterocycles. The largest absolute Gasteiger partial charge is 0.457 e. The number of fused-ring (bicyclic) bond motifs is 2. The fraction of sp³-hybridized carbons (Fsp3) is 0.297. The van der Waals surface area contributed by atoms with Gasteiger partial charge in [-0.05, 0) is 141 Å². The Hall–Kier alpha value is -7.96. The van der Waals surface area contributed by atoms with E-state index in [9.17, 15) is 0 Å². The molecule has 0 aliphatic carbocycles. The number of amides is 2. The molecule has 0 spiro atoms. The Labute approximate surface area is 473 Å². The number of hydrogen-bond acceptors (Lipinski definition) is 5. The van der Waals surface area contributed by atoms with E-state index in [2.05, 4.69) is 153 Å². The second-order valence-electron chi connectivity index (χ2n) is 24.2. The Morgan fingerprint density at radius 1 is 0.450 bits per heavy atom. The van der Waals surface area contributed by atoms with Crippen molar-refractivity contribution in [2.45, 2.75) is 143 Å². The molecule has 2 amide bonds. The highest BCUT2D eigenvalue weighted by Gasteiger charge is 2.40. The second-order valence-corrected chi connectivity index (χ2v) is 24.2. The molecule has 0 unspecified atom stereocenters. The summed E-state index contributed by atoms with van der Waals surface area (Å²) >= 11 is 0. The lowest BCUT2D eigenvalue weighted by atomic mass is 9.79. The van der Waals surface area contributed by atoms with Gasteiger partial charge < -0.3 is 14.4 Å². The fourth-order valence-electron chi connectivity index (χ4n) is 12.6. The smallest absolute Gasteiger partial charge is 0.266 e. The van der Waals surface area contributed by atoms with Crippen LogP contribution in [0.25, 0.3) is 43.1 Å². The van der Waals surface area contributed by atoms with Gasteiger partial charge in [-0.3, -0.25) is 9.59 Å². The van der Waals surface area contributed by atoms with Crippen molar-refractivity contribution in [3.8, 4) is 23.0 Å². The highest BCUT2D eigenvalue weighted by molar-refractivity contribution is 6.44. The van der Waals surface area contributed by atoms with Crippen LogP contribution in [-0.2, 0) is 10.8 Å². The molecule has 6 heteroatoms. The van der Waals surface area contributed by atoms with Crippen molar-refractivity contribution >= 4 is 77.7 Å². The Morgan fingerprint density at radius 3 is 1.34 bits per heavy atom. The number of unbranched alkanes of at least 4 members (excludes halogenated alkanes) is 4. The highest BCUT2D eigenvalue weighted by atomic mass is 16.5. The van der Waals surface area contributed by atoms with Crippen molar-refractivity contribution in [1.82, 2.24) is 0 Å². The molecule has 0 bridgehead atoms. The van der Waals surface area contributed by atoms with Gasteiger partial charge in [-0.25, -0.2) is 4.90 Å². The molecular formula is C74H76N2O4. The summed E-state index contributed by atoms with van der Waals surface area (Å²) in [6.07, 6.45) is 9.51. The van der Waals surface area contributed by atoms with Crippen LogP contribution in [0.15, 0.2) is 170 Å². The van der Waals surface area contributed by atoms with Crippen molar-refractivity contribution in [3.05, 3.63) is 203 Å². The van der Waals surface area contributed by atoms with E-state index in [1.165, 1.54) is 54.6 Å². The summed E-state index contributed by atoms with van der Waals surface area (Å²) in [7, 11) is 0. The average molecular weight is 1060 g/mol. The Kier molecular flexibility index (Phi) is 14.8. The number of benzene rings is 10. The molecule has 0 fully saturated rings. The van der Waals surface area contributed by atoms with Gasteiger partial charge in [0.2, 0.25) is 0 Å². The van der Waals surface area contributed by atoms with Gasteiger partial charge in [0, 0.05) is 38.3 Å². The number of carbonyl (C=O) groups is 2. The number of rotatable bonds is 20. The number of nitrogens with zero attached hydrogens (tertiary/aromatic N) is 2. The second kappa shape index (κ2) is 21.9. The quantitative estimate of drug-likeness (QED) is 0.0329. The third kappa shape index (κ3) is 9.75. The standard InChI is InChI=1S/C74H76N2O4/c1-11-13-21-43-73(7,8)49-33-37-51(38-34-49)75(52-39-35-50(36-40-52)74(9,10)44-22-14-12-2)62-42-41-59-65-57(62)31-24-32-58(65)67-63(79-53-25-17-15-18-26-53)45-60-66-61(46-64(68(59)69(66)67)80-54-27-19-16-20-28-54)72(78)76(71(60)77)70-55(47(3)4)29-23-30-56(70)48(5)6/h15-20,23-42,45-48H,11-14,21-22,43-44H2,1-10H3. The molecule has 11 rings (SSSR count). The van der Waals surface area contributed by atoms with Crippen LogP contribution in [0.5, 0.6) is 23.0 Å². The number of ether oxygens (including phenoxy) is 2. The molecule has 406 valence electrons. The summed E-state index contributed by atoms with van der Waals surface area (Å²) in [5.41, 5.74) is 9.17. The van der Waals surface area contributed by atoms with Crippen LogP contribution >= 0.6 is 0 Å². The monoisotopic (exact) mass is 1060 g/mol. The first-order valence-corrected chi connectivity index (χ1v) is 29.3. The zero-order valence-corrected chi connectivity index (χ0v) is 48.5. The number of anilines is 4. The third-order valence-electron chi connectivity index (χ3n) is 17.1. The number of carbonyl (C=O) groups excluding carboxylic acids is 2. The Morgan fingerprint density at radius 2 is 0.887 bits per heavy atom. The summed E-state index contributed by atoms with van der Waals surface area (Å²) < 4.78 is 14.2. The van der Waals surface area contributed by atoms with Crippen LogP contribution in [0.2, 0.25) is 0 Å². The predicted octanol–water partition coefficient (Wildman–Crippen LogP) is 21.6. The van der Waals surface area contributed by atoms with E-state index in [0.717, 1.165) is 78.7 Å². The van der Waals surface area contributed by atoms with E-state index in [-0.39, 0.29) is 34.5 Å². The van der Waals surface area contributed by atoms with Crippen molar-refractivity contribution < 1.29 is 19.1 Å². The maximum atomic E-state index is 15.8. The lowest BCUT2D eigenvalue weighted by Gasteiger charge is -2.34. The van der Waals surface area contributed by atoms with Crippen LogP contribution < -0.4 is 19.3 Å². The van der Waals surface area contributed by atoms with Crippen LogP contribution in [0, 0.1) is 0 Å². The molecular weight excluding hydrogens is 981 g/mol. The molecule has 1 aliphatic rings. The van der Waals surface area contributed by atoms with E-state index in [1.54, 1.807) is 0 Å². The van der Waals surface area contributed by atoms with Gasteiger partial charge in [-0.2, -0.15) is 0 Å². The predicted molar refractivity (Wildman–Crippen MR) is 335 cm³/mol. The first-order valence-electron chi connectivity index (χ1n) is 29.3. The lowest BCUT2D eigenvalue weighted by Crippen LogP contribution is -2.42. The van der Waals surface area contributed by atoms with Gasteiger partial charge >= 0.3 is 0 Å². The zero-order valence-electron chi connectivity index (χ0n) is 48.5. The Balaban J connectivity index is 1.20. The number of para-hydroxylation sites is 3. The molecule has 0 aromatic heterocycles. The van der Waals surface area contributed by atoms with Crippen LogP contribution in [0.3, 0.4) is 0 Å². The molecule has 0 saturated carbocycles. The summed E-state index contributed by atoms with van der Waals surface area (Å²) in [4.78, 5) is 35.4. The number of imide groups is 1. The normalized spacial score (nSPS) is 13.0. The highest BCUT2D eigenvalue weighted by Crippen LogP contribution is 2.55. The van der Waals surface area contributed by atoms with Crippen LogP contribution in [0.4, 0.5) is 22.7 Å². The lowest BCUT2D eigenvalue weighted by molar-refractivity contribution is 0.0892. The van der Waals surface area contributed by atoms with E-state index < -0.39 is 0 Å². The molecule has 0 radical (unpaired) electrons. The van der Waals surface area contributed by atoms with E-state index in [1.807, 2.05) is 91.0 Å². The molecule has 80 heavy (non-hydrogen) atoms. The van der Waals surface area contributed by atoms with Gasteiger partial charge in [0.25, 0.3) is 11.8 Å². The van der Waals surface area contributed by atoms with Crippen molar-refractivity contribution in [2.24, 2.45) is 0 Å². The molecule has 0 N–H and O–H groups in total. The van der Waals surface area contributed by atoms with E-state index in [0.29, 0.717) is 45.2 Å². The minimum absolute atomic E-state index is 0.0283. The van der Waals surface area contributed by atoms with Gasteiger partial charge in [-0.1, -0.05) is 211 Å². The summed E-state index contributed by atoms with van der Waals surface area (Å²) in [5, 5.41) is 6.88. The SMILES string of the molecule is CCCCCC(C)(C)c1ccc(N(c2ccc(C(C)(C)CCCCC)cc2)c2ccc3c4c(Oc5ccccc5)cc5c6c(cc(Oc7ccccc7)c(c7cccc2c73)c64)C(=O)N(c2c(C(C)C)cccc2C(C)C)C5=O)cc1. The van der Waals surface area contributed by atoms with Crippen LogP contribution in [-0.4, -0.2) is 11.8 Å². The first kappa shape index (κ1) is 54.0. The zero-order chi connectivity index (χ0) is 56.0. The van der Waals surface area contributed by atoms with Gasteiger partial charge in [0.1, 0.15) is 23.0 Å². The topological polar surface area (TPSA) is 59.1 Å². The molecule has 0 atom stereocenters. The molecule has 0 saturated heterocycles. The van der Waals surface area contributed by atoms with Crippen LogP contribution in [0.1, 0.15) is 175 Å². The molecule has 6 nitrogen and oxygen atoms in total. The number of hydrogen-bond donors (Lipinski definition) is 0. The van der Waals surface area contributed by atoms with Gasteiger partial charge in [0.05, 0.1) is 22.5 Å². The summed E-state index contributed by atoms with van der Waals surface area (Å²) in [5.74, 6) is 1.59. The average Bonchev–Trinajstić information content (AvgIpc) is 3.65.